The Morgan fingerprint density at radius 2 is 2.08 bits per heavy atom. The lowest BCUT2D eigenvalue weighted by molar-refractivity contribution is -0.217. The summed E-state index contributed by atoms with van der Waals surface area (Å²) in [4.78, 5) is 8.97. The van der Waals surface area contributed by atoms with Crippen LogP contribution in [0.5, 0.6) is 0 Å². The van der Waals surface area contributed by atoms with Gasteiger partial charge < -0.3 is 19.7 Å². The number of hydrogen-bond donors (Lipinski definition) is 2. The van der Waals surface area contributed by atoms with Crippen LogP contribution in [0.3, 0.4) is 0 Å². The summed E-state index contributed by atoms with van der Waals surface area (Å²) in [5.41, 5.74) is 4.22. The van der Waals surface area contributed by atoms with Crippen LogP contribution in [0.15, 0.2) is 48.1 Å². The molecule has 11 nitrogen and oxygen atoms in total. The number of nitrogens with zero attached hydrogens (tertiary/aromatic N) is 7. The maximum absolute atomic E-state index is 14.1. The molecule has 0 saturated carbocycles. The highest BCUT2D eigenvalue weighted by Gasteiger charge is 2.49. The Bertz CT molecular complexity index is 1640. The zero-order valence-electron chi connectivity index (χ0n) is 20.7. The van der Waals surface area contributed by atoms with Gasteiger partial charge in [-0.15, -0.1) is 16.4 Å². The number of fused-ring (bicyclic) bond motifs is 1. The molecule has 5 aromatic rings. The number of rotatable bonds is 6. The van der Waals surface area contributed by atoms with Gasteiger partial charge in [-0.1, -0.05) is 22.9 Å². The lowest BCUT2D eigenvalue weighted by atomic mass is 9.92. The molecule has 1 aliphatic heterocycles. The molecule has 0 bridgehead atoms. The highest BCUT2D eigenvalue weighted by molar-refractivity contribution is 7.16. The van der Waals surface area contributed by atoms with Crippen molar-refractivity contribution in [2.45, 2.75) is 37.4 Å². The van der Waals surface area contributed by atoms with Gasteiger partial charge in [-0.2, -0.15) is 5.10 Å². The van der Waals surface area contributed by atoms with Crippen LogP contribution in [0.25, 0.3) is 27.2 Å². The van der Waals surface area contributed by atoms with E-state index in [1.165, 1.54) is 35.3 Å². The lowest BCUT2D eigenvalue weighted by Crippen LogP contribution is -2.53. The van der Waals surface area contributed by atoms with Crippen molar-refractivity contribution in [1.29, 1.82) is 0 Å². The fourth-order valence-corrected chi connectivity index (χ4v) is 5.69. The van der Waals surface area contributed by atoms with Gasteiger partial charge in [-0.25, -0.2) is 23.7 Å². The maximum Gasteiger partial charge on any atom is 0.164 e. The van der Waals surface area contributed by atoms with E-state index >= 15 is 0 Å². The molecule has 39 heavy (non-hydrogen) atoms. The van der Waals surface area contributed by atoms with E-state index in [4.69, 9.17) is 21.1 Å². The normalized spacial score (nSPS) is 23.5. The van der Waals surface area contributed by atoms with E-state index in [1.807, 2.05) is 18.2 Å². The Morgan fingerprint density at radius 3 is 2.85 bits per heavy atom. The lowest BCUT2D eigenvalue weighted by Gasteiger charge is -2.43. The number of methoxy groups -OCH3 is 1. The Kier molecular flexibility index (Phi) is 6.87. The number of thiazole rings is 1. The first-order valence-corrected chi connectivity index (χ1v) is 13.3. The van der Waals surface area contributed by atoms with Gasteiger partial charge >= 0.3 is 0 Å². The monoisotopic (exact) mass is 571 g/mol. The average Bonchev–Trinajstić information content (AvgIpc) is 3.69. The zero-order chi connectivity index (χ0) is 27.3. The minimum atomic E-state index is -1.21. The summed E-state index contributed by atoms with van der Waals surface area (Å²) in [6, 6.07) is 9.22. The number of halogens is 2. The molecule has 1 aliphatic rings. The smallest absolute Gasteiger partial charge is 0.164 e. The van der Waals surface area contributed by atoms with Crippen molar-refractivity contribution in [2.24, 2.45) is 0 Å². The molecule has 0 unspecified atom stereocenters. The highest BCUT2D eigenvalue weighted by atomic mass is 35.5. The van der Waals surface area contributed by atoms with Crippen molar-refractivity contribution in [3.8, 4) is 16.9 Å². The molecule has 0 aliphatic carbocycles. The molecule has 6 rings (SSSR count). The van der Waals surface area contributed by atoms with Gasteiger partial charge in [-0.05, 0) is 37.3 Å². The van der Waals surface area contributed by atoms with E-state index in [0.29, 0.717) is 22.9 Å². The van der Waals surface area contributed by atoms with Crippen LogP contribution in [-0.4, -0.2) is 77.0 Å². The van der Waals surface area contributed by atoms with Gasteiger partial charge in [0, 0.05) is 12.7 Å². The number of aliphatic hydroxyl groups is 2. The Balaban J connectivity index is 1.41. The Labute approximate surface area is 230 Å². The topological polar surface area (TPSA) is 133 Å². The Hall–Kier alpha value is -3.33. The number of ether oxygens (including phenoxy) is 2. The zero-order valence-corrected chi connectivity index (χ0v) is 22.3. The third kappa shape index (κ3) is 4.60. The van der Waals surface area contributed by atoms with E-state index in [0.717, 1.165) is 15.9 Å². The van der Waals surface area contributed by atoms with Crippen LogP contribution in [0.2, 0.25) is 5.02 Å². The van der Waals surface area contributed by atoms with Crippen LogP contribution in [-0.2, 0) is 9.47 Å². The van der Waals surface area contributed by atoms with Gasteiger partial charge in [0.05, 0.1) is 39.2 Å². The summed E-state index contributed by atoms with van der Waals surface area (Å²) >= 11 is 7.33. The molecule has 1 fully saturated rings. The third-order valence-corrected chi connectivity index (χ3v) is 7.82. The minimum Gasteiger partial charge on any atom is -0.394 e. The summed E-state index contributed by atoms with van der Waals surface area (Å²) in [5, 5.41) is 34.3. The molecule has 0 radical (unpaired) electrons. The average molecular weight is 572 g/mol. The highest BCUT2D eigenvalue weighted by Crippen LogP contribution is 2.40. The molecule has 0 amide bonds. The van der Waals surface area contributed by atoms with Crippen LogP contribution in [0.4, 0.5) is 4.39 Å². The first-order chi connectivity index (χ1) is 18.9. The standard InChI is InChI=1S/C25H23ClFN7O4S/c1-12-29-25(34(31-12)14-4-6-17-20(8-14)39-11-28-17)24-23(37-2)21(22(36)19(10-35)38-24)33-9-18(30-32-33)13-3-5-15(26)16(27)7-13/h3-9,11,19,21-24,35-36H,10H2,1-2H3/t19-,21+,22+,23-,24-/m1/s1. The van der Waals surface area contributed by atoms with Gasteiger partial charge in [0.1, 0.15) is 47.8 Å². The second-order valence-electron chi connectivity index (χ2n) is 9.11. The molecule has 14 heteroatoms. The predicted octanol–water partition coefficient (Wildman–Crippen LogP) is 3.29. The second kappa shape index (κ2) is 10.3. The maximum atomic E-state index is 14.1. The summed E-state index contributed by atoms with van der Waals surface area (Å²) < 4.78 is 30.2. The fraction of sp³-hybridized carbons (Fsp3) is 0.320. The SMILES string of the molecule is CO[C@@H]1[C@@H](n2cc(-c3ccc(Cl)c(F)c3)nn2)[C@@H](O)[C@@H](CO)O[C@H]1c1nc(C)nn1-c1ccc2ncsc2c1. The summed E-state index contributed by atoms with van der Waals surface area (Å²) in [7, 11) is 1.49. The van der Waals surface area contributed by atoms with Gasteiger partial charge in [0.15, 0.2) is 5.82 Å². The molecule has 202 valence electrons. The molecular weight excluding hydrogens is 549 g/mol. The summed E-state index contributed by atoms with van der Waals surface area (Å²) in [6.45, 7) is 1.30. The van der Waals surface area contributed by atoms with Crippen LogP contribution in [0.1, 0.15) is 23.8 Å². The minimum absolute atomic E-state index is 0.00651. The van der Waals surface area contributed by atoms with Gasteiger partial charge in [0.2, 0.25) is 0 Å². The molecule has 4 heterocycles. The molecule has 1 saturated heterocycles. The van der Waals surface area contributed by atoms with E-state index < -0.39 is 42.9 Å². The van der Waals surface area contributed by atoms with E-state index in [-0.39, 0.29) is 5.02 Å². The van der Waals surface area contributed by atoms with Crippen molar-refractivity contribution < 1.29 is 24.1 Å². The van der Waals surface area contributed by atoms with Gasteiger partial charge in [-0.3, -0.25) is 0 Å². The van der Waals surface area contributed by atoms with Crippen molar-refractivity contribution in [1.82, 2.24) is 34.7 Å². The van der Waals surface area contributed by atoms with Gasteiger partial charge in [0.25, 0.3) is 0 Å². The molecule has 2 aromatic carbocycles. The Morgan fingerprint density at radius 1 is 1.23 bits per heavy atom. The van der Waals surface area contributed by atoms with Crippen molar-refractivity contribution in [2.75, 3.05) is 13.7 Å². The number of aliphatic hydroxyl groups excluding tert-OH is 2. The number of benzene rings is 2. The third-order valence-electron chi connectivity index (χ3n) is 6.72. The predicted molar refractivity (Wildman–Crippen MR) is 140 cm³/mol. The van der Waals surface area contributed by atoms with Crippen LogP contribution in [0, 0.1) is 12.7 Å². The number of aryl methyl sites for hydroxylation is 1. The number of hydrogen-bond acceptors (Lipinski definition) is 10. The van der Waals surface area contributed by atoms with E-state index in [9.17, 15) is 14.6 Å². The summed E-state index contributed by atoms with van der Waals surface area (Å²) in [5.74, 6) is 0.346. The number of aromatic nitrogens is 7. The van der Waals surface area contributed by atoms with Crippen molar-refractivity contribution >= 4 is 33.2 Å². The quantitative estimate of drug-likeness (QED) is 0.315. The molecule has 0 spiro atoms. The largest absolute Gasteiger partial charge is 0.394 e. The first-order valence-electron chi connectivity index (χ1n) is 12.0. The molecule has 2 N–H and O–H groups in total. The van der Waals surface area contributed by atoms with Crippen molar-refractivity contribution in [3.63, 3.8) is 0 Å². The summed E-state index contributed by atoms with van der Waals surface area (Å²) in [6.07, 6.45) is -2.28. The second-order valence-corrected chi connectivity index (χ2v) is 10.4. The molecular formula is C25H23ClFN7O4S. The first kappa shape index (κ1) is 25.9. The van der Waals surface area contributed by atoms with Crippen molar-refractivity contribution in [3.05, 3.63) is 70.6 Å². The van der Waals surface area contributed by atoms with Crippen LogP contribution >= 0.6 is 22.9 Å². The van der Waals surface area contributed by atoms with E-state index in [1.54, 1.807) is 29.4 Å². The van der Waals surface area contributed by atoms with Crippen LogP contribution < -0.4 is 0 Å². The molecule has 3 aromatic heterocycles. The molecule has 5 atom stereocenters. The fourth-order valence-electron chi connectivity index (χ4n) is 4.86. The van der Waals surface area contributed by atoms with E-state index in [2.05, 4.69) is 25.4 Å².